The highest BCUT2D eigenvalue weighted by Crippen LogP contribution is 2.24. The second-order valence-electron chi connectivity index (χ2n) is 4.26. The van der Waals surface area contributed by atoms with Gasteiger partial charge in [-0.15, -0.1) is 0 Å². The van der Waals surface area contributed by atoms with E-state index in [4.69, 9.17) is 5.73 Å². The van der Waals surface area contributed by atoms with Gasteiger partial charge in [-0.1, -0.05) is 22.9 Å². The fourth-order valence-corrected chi connectivity index (χ4v) is 4.44. The van der Waals surface area contributed by atoms with Crippen LogP contribution in [0.3, 0.4) is 0 Å². The molecule has 0 saturated heterocycles. The fraction of sp³-hybridized carbons (Fsp3) is 0.500. The van der Waals surface area contributed by atoms with E-state index in [1.54, 1.807) is 18.7 Å². The van der Waals surface area contributed by atoms with Crippen LogP contribution in [0, 0.1) is 5.82 Å². The molecule has 1 aromatic rings. The van der Waals surface area contributed by atoms with Crippen molar-refractivity contribution in [2.75, 3.05) is 11.5 Å². The van der Waals surface area contributed by atoms with E-state index in [-0.39, 0.29) is 23.0 Å². The van der Waals surface area contributed by atoms with Crippen molar-refractivity contribution in [2.45, 2.75) is 31.3 Å². The number of hydrogen-bond donors (Lipinski definition) is 2. The van der Waals surface area contributed by atoms with Gasteiger partial charge in [0.1, 0.15) is 10.7 Å². The van der Waals surface area contributed by atoms with Gasteiger partial charge in [0.15, 0.2) is 0 Å². The first kappa shape index (κ1) is 17.9. The third kappa shape index (κ3) is 4.70. The van der Waals surface area contributed by atoms with Crippen LogP contribution in [0.25, 0.3) is 0 Å². The number of thioether (sulfide) groups is 1. The van der Waals surface area contributed by atoms with Crippen molar-refractivity contribution >= 4 is 37.7 Å². The number of nitrogens with one attached hydrogen (secondary N) is 1. The van der Waals surface area contributed by atoms with Crippen LogP contribution in [0.2, 0.25) is 0 Å². The minimum absolute atomic E-state index is 0.0605. The summed E-state index contributed by atoms with van der Waals surface area (Å²) in [6.07, 6.45) is 0. The molecule has 0 spiro atoms. The number of benzene rings is 1. The quantitative estimate of drug-likeness (QED) is 0.757. The Kier molecular flexibility index (Phi) is 6.93. The van der Waals surface area contributed by atoms with Gasteiger partial charge in [0.25, 0.3) is 0 Å². The summed E-state index contributed by atoms with van der Waals surface area (Å²) in [5.41, 5.74) is 5.58. The zero-order valence-electron chi connectivity index (χ0n) is 11.3. The molecule has 114 valence electrons. The molecular weight excluding hydrogens is 367 g/mol. The lowest BCUT2D eigenvalue weighted by Crippen LogP contribution is -2.35. The molecule has 0 radical (unpaired) electrons. The van der Waals surface area contributed by atoms with Gasteiger partial charge < -0.3 is 5.73 Å². The minimum Gasteiger partial charge on any atom is -0.326 e. The molecule has 0 amide bonds. The molecule has 0 bridgehead atoms. The lowest BCUT2D eigenvalue weighted by atomic mass is 10.2. The van der Waals surface area contributed by atoms with Crippen LogP contribution in [0.5, 0.6) is 0 Å². The molecule has 0 heterocycles. The molecule has 1 aromatic carbocycles. The molecule has 3 N–H and O–H groups in total. The maximum atomic E-state index is 14.1. The first-order chi connectivity index (χ1) is 9.31. The first-order valence-corrected chi connectivity index (χ1v) is 9.53. The summed E-state index contributed by atoms with van der Waals surface area (Å²) in [7, 11) is -3.90. The average Bonchev–Trinajstić information content (AvgIpc) is 2.37. The highest BCUT2D eigenvalue weighted by molar-refractivity contribution is 9.10. The number of nitrogens with two attached hydrogens (primary N) is 1. The molecule has 0 aliphatic carbocycles. The molecule has 1 unspecified atom stereocenters. The molecule has 20 heavy (non-hydrogen) atoms. The van der Waals surface area contributed by atoms with Gasteiger partial charge in [-0.2, -0.15) is 11.8 Å². The Balaban J connectivity index is 3.06. The average molecular weight is 385 g/mol. The van der Waals surface area contributed by atoms with Crippen molar-refractivity contribution in [1.82, 2.24) is 4.72 Å². The fourth-order valence-electron chi connectivity index (χ4n) is 1.62. The monoisotopic (exact) mass is 384 g/mol. The molecule has 0 aliphatic heterocycles. The SMILES string of the molecule is CCSCC(C)NS(=O)(=O)c1cc(Br)cc(CN)c1F. The number of halogens is 2. The maximum absolute atomic E-state index is 14.1. The van der Waals surface area contributed by atoms with Crippen LogP contribution >= 0.6 is 27.7 Å². The van der Waals surface area contributed by atoms with Gasteiger partial charge in [-0.25, -0.2) is 17.5 Å². The molecule has 0 saturated carbocycles. The summed E-state index contributed by atoms with van der Waals surface area (Å²) in [6.45, 7) is 3.68. The van der Waals surface area contributed by atoms with Crippen LogP contribution in [0.4, 0.5) is 4.39 Å². The number of hydrogen-bond acceptors (Lipinski definition) is 4. The van der Waals surface area contributed by atoms with E-state index in [0.29, 0.717) is 10.2 Å². The van der Waals surface area contributed by atoms with Crippen molar-refractivity contribution in [3.63, 3.8) is 0 Å². The van der Waals surface area contributed by atoms with Gasteiger partial charge in [-0.3, -0.25) is 0 Å². The highest BCUT2D eigenvalue weighted by Gasteiger charge is 2.23. The second-order valence-corrected chi connectivity index (χ2v) is 8.18. The second kappa shape index (κ2) is 7.74. The Bertz CT molecular complexity index is 567. The number of sulfonamides is 1. The van der Waals surface area contributed by atoms with Crippen molar-refractivity contribution in [2.24, 2.45) is 5.73 Å². The Morgan fingerprint density at radius 1 is 1.50 bits per heavy atom. The van der Waals surface area contributed by atoms with E-state index >= 15 is 0 Å². The minimum atomic E-state index is -3.90. The van der Waals surface area contributed by atoms with Crippen LogP contribution in [-0.4, -0.2) is 26.0 Å². The zero-order chi connectivity index (χ0) is 15.3. The third-order valence-electron chi connectivity index (χ3n) is 2.52. The van der Waals surface area contributed by atoms with Crippen LogP contribution in [0.1, 0.15) is 19.4 Å². The highest BCUT2D eigenvalue weighted by atomic mass is 79.9. The predicted molar refractivity (Wildman–Crippen MR) is 84.8 cm³/mol. The van der Waals surface area contributed by atoms with Crippen molar-refractivity contribution in [3.8, 4) is 0 Å². The summed E-state index contributed by atoms with van der Waals surface area (Å²) in [5, 5.41) is 0. The molecular formula is C12H18BrFN2O2S2. The van der Waals surface area contributed by atoms with Crippen molar-refractivity contribution < 1.29 is 12.8 Å². The molecule has 4 nitrogen and oxygen atoms in total. The lowest BCUT2D eigenvalue weighted by Gasteiger charge is -2.15. The van der Waals surface area contributed by atoms with Gasteiger partial charge in [0.2, 0.25) is 10.0 Å². The Morgan fingerprint density at radius 2 is 2.15 bits per heavy atom. The maximum Gasteiger partial charge on any atom is 0.243 e. The molecule has 0 aromatic heterocycles. The Labute approximate surface area is 131 Å². The Hall–Kier alpha value is -0.150. The summed E-state index contributed by atoms with van der Waals surface area (Å²) >= 11 is 4.79. The van der Waals surface area contributed by atoms with Crippen LogP contribution in [-0.2, 0) is 16.6 Å². The van der Waals surface area contributed by atoms with Gasteiger partial charge in [0.05, 0.1) is 0 Å². The summed E-state index contributed by atoms with van der Waals surface area (Å²) in [4.78, 5) is -0.374. The van der Waals surface area contributed by atoms with Crippen molar-refractivity contribution in [1.29, 1.82) is 0 Å². The topological polar surface area (TPSA) is 72.2 Å². The summed E-state index contributed by atoms with van der Waals surface area (Å²) in [5.74, 6) is 0.738. The molecule has 0 aliphatic rings. The van der Waals surface area contributed by atoms with E-state index in [0.717, 1.165) is 5.75 Å². The van der Waals surface area contributed by atoms with E-state index in [1.807, 2.05) is 6.92 Å². The van der Waals surface area contributed by atoms with Gasteiger partial charge >= 0.3 is 0 Å². The van der Waals surface area contributed by atoms with E-state index in [2.05, 4.69) is 20.7 Å². The van der Waals surface area contributed by atoms with E-state index < -0.39 is 15.8 Å². The molecule has 1 atom stereocenters. The molecule has 0 fully saturated rings. The Morgan fingerprint density at radius 3 is 2.70 bits per heavy atom. The first-order valence-electron chi connectivity index (χ1n) is 6.09. The van der Waals surface area contributed by atoms with Gasteiger partial charge in [0, 0.05) is 28.4 Å². The summed E-state index contributed by atoms with van der Waals surface area (Å²) < 4.78 is 41.5. The molecule has 8 heteroatoms. The van der Waals surface area contributed by atoms with E-state index in [9.17, 15) is 12.8 Å². The zero-order valence-corrected chi connectivity index (χ0v) is 14.5. The largest absolute Gasteiger partial charge is 0.326 e. The predicted octanol–water partition coefficient (Wildman–Crippen LogP) is 2.47. The smallest absolute Gasteiger partial charge is 0.243 e. The molecule has 1 rings (SSSR count). The van der Waals surface area contributed by atoms with Crippen LogP contribution < -0.4 is 10.5 Å². The lowest BCUT2D eigenvalue weighted by molar-refractivity contribution is 0.543. The standard InChI is InChI=1S/C12H18BrFN2O2S2/c1-3-19-7-8(2)16-20(17,18)11-5-10(13)4-9(6-15)12(11)14/h4-5,8,16H,3,6-7,15H2,1-2H3. The van der Waals surface area contributed by atoms with E-state index in [1.165, 1.54) is 12.1 Å². The van der Waals surface area contributed by atoms with Gasteiger partial charge in [-0.05, 0) is 24.8 Å². The summed E-state index contributed by atoms with van der Waals surface area (Å²) in [6, 6.07) is 2.45. The third-order valence-corrected chi connectivity index (χ3v) is 5.71. The normalized spacial score (nSPS) is 13.4. The van der Waals surface area contributed by atoms with Crippen LogP contribution in [0.15, 0.2) is 21.5 Å². The van der Waals surface area contributed by atoms with Crippen molar-refractivity contribution in [3.05, 3.63) is 28.0 Å². The number of rotatable bonds is 7.